The minimum Gasteiger partial charge on any atom is -0.455 e. The van der Waals surface area contributed by atoms with E-state index < -0.39 is 22.7 Å². The second-order valence-corrected chi connectivity index (χ2v) is 25.6. The number of fused-ring (bicyclic) bond motifs is 20. The highest BCUT2D eigenvalue weighted by Gasteiger charge is 2.45. The van der Waals surface area contributed by atoms with Gasteiger partial charge in [-0.1, -0.05) is 182 Å². The van der Waals surface area contributed by atoms with Crippen LogP contribution in [0.15, 0.2) is 276 Å². The molecule has 19 rings (SSSR count). The molecule has 0 aliphatic carbocycles. The third kappa shape index (κ3) is 6.95. The second kappa shape index (κ2) is 19.0. The first-order valence-corrected chi connectivity index (χ1v) is 31.5. The third-order valence-electron chi connectivity index (χ3n) is 20.0. The zero-order valence-electron chi connectivity index (χ0n) is 50.8. The molecule has 0 saturated carbocycles. The Hall–Kier alpha value is -11.5. The molecule has 6 aromatic heterocycles. The molecule has 6 nitrogen and oxygen atoms in total. The van der Waals surface area contributed by atoms with Crippen LogP contribution in [-0.2, 0) is 11.1 Å². The molecule has 0 amide bonds. The normalized spacial score (nSPS) is 12.7. The van der Waals surface area contributed by atoms with Gasteiger partial charge >= 0.3 is 0 Å². The van der Waals surface area contributed by atoms with E-state index in [1.165, 1.54) is 0 Å². The topological polar surface area (TPSA) is 46.0 Å². The van der Waals surface area contributed by atoms with Crippen molar-refractivity contribution < 1.29 is 17.6 Å². The summed E-state index contributed by atoms with van der Waals surface area (Å²) in [5, 5.41) is 12.0. The molecule has 0 bridgehead atoms. The zero-order valence-corrected chi connectivity index (χ0v) is 50.8. The van der Waals surface area contributed by atoms with Gasteiger partial charge in [-0.05, 0) is 118 Å². The Labute approximate surface area is 526 Å². The molecule has 0 fully saturated rings. The average Bonchev–Trinajstić information content (AvgIpc) is 1.26. The Morgan fingerprint density at radius 3 is 0.957 bits per heavy atom. The lowest BCUT2D eigenvalue weighted by molar-refractivity contribution is 0.454. The van der Waals surface area contributed by atoms with Crippen molar-refractivity contribution in [3.8, 4) is 33.6 Å². The molecule has 0 N–H and O–H groups in total. The highest BCUT2D eigenvalue weighted by molar-refractivity contribution is 6.26. The fourth-order valence-corrected chi connectivity index (χ4v) is 16.4. The van der Waals surface area contributed by atoms with Crippen LogP contribution in [0.2, 0.25) is 0 Å². The van der Waals surface area contributed by atoms with Gasteiger partial charge in [0.1, 0.15) is 34.0 Å². The molecule has 0 spiro atoms. The number of furan rings is 2. The predicted octanol–water partition coefficient (Wildman–Crippen LogP) is 23.1. The van der Waals surface area contributed by atoms with Crippen molar-refractivity contribution in [2.24, 2.45) is 0 Å². The summed E-state index contributed by atoms with van der Waals surface area (Å²) in [6, 6.07) is 91.1. The molecule has 0 aliphatic rings. The van der Waals surface area contributed by atoms with Gasteiger partial charge in [-0.2, -0.15) is 0 Å². The number of benzene rings is 13. The van der Waals surface area contributed by atoms with Gasteiger partial charge in [0.2, 0.25) is 0 Å². The molecule has 0 atom stereocenters. The Morgan fingerprint density at radius 2 is 0.576 bits per heavy atom. The van der Waals surface area contributed by atoms with Crippen LogP contribution >= 0.6 is 0 Å². The molecule has 19 aromatic rings. The lowest BCUT2D eigenvalue weighted by atomic mass is 9.74. The van der Waals surface area contributed by atoms with Crippen molar-refractivity contribution in [3.05, 3.63) is 290 Å². The van der Waals surface area contributed by atoms with Crippen LogP contribution < -0.4 is 0 Å². The summed E-state index contributed by atoms with van der Waals surface area (Å²) < 4.78 is 61.7. The number of para-hydroxylation sites is 8. The van der Waals surface area contributed by atoms with E-state index in [9.17, 15) is 0 Å². The minimum absolute atomic E-state index is 0.358. The molecular weight excluding hydrogens is 1130 g/mol. The summed E-state index contributed by atoms with van der Waals surface area (Å²) in [6.45, 7) is 9.10. The molecule has 13 aromatic carbocycles. The van der Waals surface area contributed by atoms with E-state index in [0.29, 0.717) is 27.8 Å². The van der Waals surface area contributed by atoms with Crippen LogP contribution in [0.1, 0.15) is 38.8 Å². The number of hydrogen-bond acceptors (Lipinski definition) is 2. The zero-order chi connectivity index (χ0) is 61.5. The summed E-state index contributed by atoms with van der Waals surface area (Å²) in [6.07, 6.45) is 0. The summed E-state index contributed by atoms with van der Waals surface area (Å²) in [5.41, 5.74) is 13.0. The quantitative estimate of drug-likeness (QED) is 0.152. The lowest BCUT2D eigenvalue weighted by Gasteiger charge is -2.41. The van der Waals surface area contributed by atoms with E-state index in [-0.39, 0.29) is 0 Å². The van der Waals surface area contributed by atoms with Crippen molar-refractivity contribution in [1.29, 1.82) is 0 Å². The molecule has 0 radical (unpaired) electrons. The molecule has 0 saturated heterocycles. The smallest absolute Gasteiger partial charge is 0.145 e. The minimum atomic E-state index is -1.17. The molecular formula is C84H56F2N4O2. The standard InChI is InChI=1S/C84H56F2N4O2/c1-83(2,89-65-39-19-7-25-49(65)50-26-8-20-40-66(50)89)77-75(57-31-5-15-35-61(57)85)79(87-63-37-17-11-33-59(63)73-69(87)47-45-55-53-29-13-23-43-71(53)91-81(55)73)78(84(3,4)90-67-41-21-9-27-51(67)52-28-10-22-42-68(52)90)80(76(77)58-32-6-16-36-62(58)86)88-64-38-18-12-34-60(64)74-70(88)48-46-56-54-30-14-24-44-72(54)92-82(56)74/h5-48H,1-4H3. The molecule has 0 unspecified atom stereocenters. The van der Waals surface area contributed by atoms with E-state index in [4.69, 9.17) is 8.83 Å². The monoisotopic (exact) mass is 1190 g/mol. The second-order valence-electron chi connectivity index (χ2n) is 25.6. The largest absolute Gasteiger partial charge is 0.455 e. The van der Waals surface area contributed by atoms with Crippen molar-refractivity contribution >= 4 is 131 Å². The van der Waals surface area contributed by atoms with Crippen LogP contribution in [-0.4, -0.2) is 18.3 Å². The summed E-state index contributed by atoms with van der Waals surface area (Å²) in [5.74, 6) is -0.851. The molecule has 8 heteroatoms. The maximum atomic E-state index is 18.9. The van der Waals surface area contributed by atoms with Crippen LogP contribution in [0.3, 0.4) is 0 Å². The van der Waals surface area contributed by atoms with Gasteiger partial charge in [0.15, 0.2) is 0 Å². The van der Waals surface area contributed by atoms with Crippen molar-refractivity contribution in [2.75, 3.05) is 0 Å². The fourth-order valence-electron chi connectivity index (χ4n) is 16.4. The fraction of sp³-hybridized carbons (Fsp3) is 0.0714. The maximum absolute atomic E-state index is 18.9. The Morgan fingerprint density at radius 1 is 0.272 bits per heavy atom. The molecule has 6 heterocycles. The van der Waals surface area contributed by atoms with E-state index >= 15 is 8.78 Å². The third-order valence-corrected chi connectivity index (χ3v) is 20.0. The Balaban J connectivity index is 1.16. The number of hydrogen-bond donors (Lipinski definition) is 0. The van der Waals surface area contributed by atoms with Crippen molar-refractivity contribution in [3.63, 3.8) is 0 Å². The van der Waals surface area contributed by atoms with Gasteiger partial charge in [-0.25, -0.2) is 8.78 Å². The molecule has 438 valence electrons. The van der Waals surface area contributed by atoms with Crippen LogP contribution in [0.25, 0.3) is 165 Å². The first-order chi connectivity index (χ1) is 45.1. The average molecular weight is 1190 g/mol. The Bertz CT molecular complexity index is 6010. The first-order valence-electron chi connectivity index (χ1n) is 31.5. The highest BCUT2D eigenvalue weighted by atomic mass is 19.1. The van der Waals surface area contributed by atoms with Gasteiger partial charge in [-0.15, -0.1) is 0 Å². The van der Waals surface area contributed by atoms with Gasteiger partial charge in [0.25, 0.3) is 0 Å². The maximum Gasteiger partial charge on any atom is 0.145 e. The summed E-state index contributed by atoms with van der Waals surface area (Å²) >= 11 is 0. The van der Waals surface area contributed by atoms with Gasteiger partial charge < -0.3 is 27.1 Å². The highest BCUT2D eigenvalue weighted by Crippen LogP contribution is 2.58. The Kier molecular flexibility index (Phi) is 10.8. The summed E-state index contributed by atoms with van der Waals surface area (Å²) in [4.78, 5) is 0. The predicted molar refractivity (Wildman–Crippen MR) is 376 cm³/mol. The lowest BCUT2D eigenvalue weighted by Crippen LogP contribution is -2.35. The van der Waals surface area contributed by atoms with E-state index in [2.05, 4.69) is 240 Å². The molecule has 0 aliphatic heterocycles. The van der Waals surface area contributed by atoms with E-state index in [1.807, 2.05) is 48.5 Å². The first kappa shape index (κ1) is 52.5. The number of rotatable bonds is 8. The van der Waals surface area contributed by atoms with Crippen molar-refractivity contribution in [1.82, 2.24) is 18.3 Å². The van der Waals surface area contributed by atoms with Crippen LogP contribution in [0, 0.1) is 11.6 Å². The van der Waals surface area contributed by atoms with E-state index in [1.54, 1.807) is 24.3 Å². The van der Waals surface area contributed by atoms with Gasteiger partial charge in [0.05, 0.1) is 55.3 Å². The van der Waals surface area contributed by atoms with E-state index in [0.717, 1.165) is 148 Å². The van der Waals surface area contributed by atoms with Crippen LogP contribution in [0.5, 0.6) is 0 Å². The van der Waals surface area contributed by atoms with Gasteiger partial charge in [-0.3, -0.25) is 0 Å². The number of halogens is 2. The van der Waals surface area contributed by atoms with Gasteiger partial charge in [0, 0.05) is 104 Å². The SMILES string of the molecule is CC(C)(c1c(-c2ccccc2F)c(-n2c3ccccc3c3c4oc5ccccc5c4ccc32)c(C(C)(C)n2c3ccccc3c3ccccc32)c(-n2c3ccccc3c3c4oc5ccccc5c4ccc32)c1-c1ccccc1F)n1c2ccccc2c2ccccc21. The summed E-state index contributed by atoms with van der Waals surface area (Å²) in [7, 11) is 0. The number of nitrogens with zero attached hydrogens (tertiary/aromatic N) is 4. The van der Waals surface area contributed by atoms with Crippen LogP contribution in [0.4, 0.5) is 8.78 Å². The number of aromatic nitrogens is 4. The molecule has 92 heavy (non-hydrogen) atoms. The van der Waals surface area contributed by atoms with Crippen molar-refractivity contribution in [2.45, 2.75) is 38.8 Å².